The molecule has 2 aromatic rings. The number of hydrogen-bond acceptors (Lipinski definition) is 3. The molecule has 2 rings (SSSR count). The van der Waals surface area contributed by atoms with E-state index in [0.29, 0.717) is 5.82 Å². The molecule has 0 unspecified atom stereocenters. The predicted molar refractivity (Wildman–Crippen MR) is 61.5 cm³/mol. The molecule has 1 aromatic carbocycles. The number of H-pyrrole nitrogens is 1. The standard InChI is InChI=1S/C10H7F3N4S/c1-5-15-16-10(18)17(5)14-4-6-2-7(11)9(13)8(12)3-6/h2-4H,1H3,(H,16,18). The van der Waals surface area contributed by atoms with Crippen LogP contribution in [-0.2, 0) is 0 Å². The smallest absolute Gasteiger partial charge is 0.216 e. The summed E-state index contributed by atoms with van der Waals surface area (Å²) in [6.45, 7) is 1.65. The van der Waals surface area contributed by atoms with Gasteiger partial charge in [-0.3, -0.25) is 5.10 Å². The van der Waals surface area contributed by atoms with Gasteiger partial charge in [0.2, 0.25) is 4.77 Å². The highest BCUT2D eigenvalue weighted by Crippen LogP contribution is 2.12. The Labute approximate surface area is 105 Å². The largest absolute Gasteiger partial charge is 0.250 e. The van der Waals surface area contributed by atoms with Gasteiger partial charge in [0.1, 0.15) is 5.82 Å². The Morgan fingerprint density at radius 2 is 1.94 bits per heavy atom. The highest BCUT2D eigenvalue weighted by Gasteiger charge is 2.09. The van der Waals surface area contributed by atoms with Crippen molar-refractivity contribution in [3.8, 4) is 0 Å². The third-order valence-electron chi connectivity index (χ3n) is 2.14. The second-order valence-electron chi connectivity index (χ2n) is 3.43. The summed E-state index contributed by atoms with van der Waals surface area (Å²) < 4.78 is 40.1. The maximum Gasteiger partial charge on any atom is 0.216 e. The lowest BCUT2D eigenvalue weighted by Gasteiger charge is -1.98. The molecule has 8 heteroatoms. The molecule has 0 atom stereocenters. The average molecular weight is 272 g/mol. The van der Waals surface area contributed by atoms with Crippen molar-refractivity contribution in [3.63, 3.8) is 0 Å². The molecule has 1 N–H and O–H groups in total. The summed E-state index contributed by atoms with van der Waals surface area (Å²) in [5, 5.41) is 10.2. The molecule has 0 aliphatic rings. The van der Waals surface area contributed by atoms with Crippen LogP contribution in [0.2, 0.25) is 0 Å². The van der Waals surface area contributed by atoms with Crippen LogP contribution in [0, 0.1) is 29.1 Å². The molecule has 0 saturated carbocycles. The van der Waals surface area contributed by atoms with E-state index >= 15 is 0 Å². The fraction of sp³-hybridized carbons (Fsp3) is 0.100. The normalized spacial score (nSPS) is 11.3. The Bertz CT molecular complexity index is 651. The first-order valence-corrected chi connectivity index (χ1v) is 5.23. The summed E-state index contributed by atoms with van der Waals surface area (Å²) in [7, 11) is 0. The molecular weight excluding hydrogens is 265 g/mol. The minimum atomic E-state index is -1.51. The van der Waals surface area contributed by atoms with Gasteiger partial charge in [0.25, 0.3) is 0 Å². The van der Waals surface area contributed by atoms with Gasteiger partial charge in [-0.15, -0.1) is 0 Å². The Kier molecular flexibility index (Phi) is 3.28. The van der Waals surface area contributed by atoms with Crippen molar-refractivity contribution in [1.82, 2.24) is 14.9 Å². The van der Waals surface area contributed by atoms with Gasteiger partial charge in [0.15, 0.2) is 17.5 Å². The van der Waals surface area contributed by atoms with Crippen LogP contribution in [0.3, 0.4) is 0 Å². The van der Waals surface area contributed by atoms with Gasteiger partial charge in [-0.25, -0.2) is 13.2 Å². The maximum atomic E-state index is 12.9. The molecule has 0 amide bonds. The molecule has 0 aliphatic carbocycles. The molecule has 0 fully saturated rings. The zero-order valence-corrected chi connectivity index (χ0v) is 9.93. The maximum absolute atomic E-state index is 12.9. The molecule has 0 radical (unpaired) electrons. The van der Waals surface area contributed by atoms with Gasteiger partial charge in [0, 0.05) is 5.56 Å². The van der Waals surface area contributed by atoms with Crippen molar-refractivity contribution in [1.29, 1.82) is 0 Å². The molecule has 18 heavy (non-hydrogen) atoms. The Morgan fingerprint density at radius 3 is 2.44 bits per heavy atom. The van der Waals surface area contributed by atoms with E-state index in [4.69, 9.17) is 12.2 Å². The van der Waals surface area contributed by atoms with Gasteiger partial charge in [-0.1, -0.05) is 0 Å². The van der Waals surface area contributed by atoms with Crippen molar-refractivity contribution in [2.75, 3.05) is 0 Å². The van der Waals surface area contributed by atoms with Gasteiger partial charge < -0.3 is 0 Å². The fourth-order valence-electron chi connectivity index (χ4n) is 1.28. The molecular formula is C10H7F3N4S. The summed E-state index contributed by atoms with van der Waals surface area (Å²) in [5.41, 5.74) is 0.0777. The number of aryl methyl sites for hydroxylation is 1. The number of hydrogen-bond donors (Lipinski definition) is 1. The summed E-state index contributed by atoms with van der Waals surface area (Å²) in [6, 6.07) is 1.67. The molecule has 0 bridgehead atoms. The Hall–Kier alpha value is -1.96. The zero-order chi connectivity index (χ0) is 13.3. The highest BCUT2D eigenvalue weighted by atomic mass is 32.1. The van der Waals surface area contributed by atoms with Crippen molar-refractivity contribution in [3.05, 3.63) is 45.7 Å². The number of rotatable bonds is 2. The van der Waals surface area contributed by atoms with Crippen LogP contribution in [0.15, 0.2) is 17.2 Å². The molecule has 94 valence electrons. The predicted octanol–water partition coefficient (Wildman–Crippen LogP) is 2.55. The number of nitrogens with zero attached hydrogens (tertiary/aromatic N) is 3. The monoisotopic (exact) mass is 272 g/mol. The SMILES string of the molecule is Cc1n[nH]c(=S)n1N=Cc1cc(F)c(F)c(F)c1. The van der Waals surface area contributed by atoms with Crippen molar-refractivity contribution in [2.24, 2.45) is 5.10 Å². The van der Waals surface area contributed by atoms with E-state index in [1.807, 2.05) is 0 Å². The second-order valence-corrected chi connectivity index (χ2v) is 3.82. The quantitative estimate of drug-likeness (QED) is 0.519. The first-order valence-electron chi connectivity index (χ1n) is 4.82. The van der Waals surface area contributed by atoms with Crippen LogP contribution < -0.4 is 0 Å². The summed E-state index contributed by atoms with van der Waals surface area (Å²) in [6.07, 6.45) is 1.16. The van der Waals surface area contributed by atoms with Crippen LogP contribution in [0.25, 0.3) is 0 Å². The van der Waals surface area contributed by atoms with Crippen LogP contribution >= 0.6 is 12.2 Å². The van der Waals surface area contributed by atoms with Crippen molar-refractivity contribution in [2.45, 2.75) is 6.92 Å². The highest BCUT2D eigenvalue weighted by molar-refractivity contribution is 7.71. The minimum Gasteiger partial charge on any atom is -0.250 e. The number of aromatic nitrogens is 3. The zero-order valence-electron chi connectivity index (χ0n) is 9.12. The van der Waals surface area contributed by atoms with E-state index in [-0.39, 0.29) is 10.3 Å². The van der Waals surface area contributed by atoms with E-state index < -0.39 is 17.5 Å². The van der Waals surface area contributed by atoms with Gasteiger partial charge >= 0.3 is 0 Å². The molecule has 0 aliphatic heterocycles. The van der Waals surface area contributed by atoms with E-state index in [9.17, 15) is 13.2 Å². The third kappa shape index (κ3) is 2.33. The van der Waals surface area contributed by atoms with E-state index in [0.717, 1.165) is 18.3 Å². The molecule has 1 heterocycles. The van der Waals surface area contributed by atoms with Crippen molar-refractivity contribution < 1.29 is 13.2 Å². The van der Waals surface area contributed by atoms with Crippen LogP contribution in [0.1, 0.15) is 11.4 Å². The summed E-state index contributed by atoms with van der Waals surface area (Å²) in [5.74, 6) is -3.57. The third-order valence-corrected chi connectivity index (χ3v) is 2.40. The molecule has 4 nitrogen and oxygen atoms in total. The number of benzene rings is 1. The number of halogens is 3. The van der Waals surface area contributed by atoms with Crippen LogP contribution in [-0.4, -0.2) is 21.1 Å². The van der Waals surface area contributed by atoms with E-state index in [1.165, 1.54) is 4.68 Å². The van der Waals surface area contributed by atoms with E-state index in [1.54, 1.807) is 6.92 Å². The molecule has 0 saturated heterocycles. The lowest BCUT2D eigenvalue weighted by atomic mass is 10.2. The number of nitrogens with one attached hydrogen (secondary N) is 1. The van der Waals surface area contributed by atoms with Crippen LogP contribution in [0.5, 0.6) is 0 Å². The van der Waals surface area contributed by atoms with Crippen molar-refractivity contribution >= 4 is 18.4 Å². The second kappa shape index (κ2) is 4.73. The topological polar surface area (TPSA) is 46.0 Å². The summed E-state index contributed by atoms with van der Waals surface area (Å²) in [4.78, 5) is 0. The minimum absolute atomic E-state index is 0.0777. The van der Waals surface area contributed by atoms with Crippen LogP contribution in [0.4, 0.5) is 13.2 Å². The van der Waals surface area contributed by atoms with E-state index in [2.05, 4.69) is 15.3 Å². The Morgan fingerprint density at radius 1 is 1.33 bits per heavy atom. The summed E-state index contributed by atoms with van der Waals surface area (Å²) >= 11 is 4.88. The average Bonchev–Trinajstić information content (AvgIpc) is 2.63. The number of aromatic amines is 1. The lowest BCUT2D eigenvalue weighted by molar-refractivity contribution is 0.447. The molecule has 0 spiro atoms. The van der Waals surface area contributed by atoms with Gasteiger partial charge in [0.05, 0.1) is 6.21 Å². The van der Waals surface area contributed by atoms with Gasteiger partial charge in [-0.05, 0) is 31.3 Å². The first kappa shape index (κ1) is 12.5. The lowest BCUT2D eigenvalue weighted by Crippen LogP contribution is -1.97. The van der Waals surface area contributed by atoms with Gasteiger partial charge in [-0.2, -0.15) is 14.9 Å². The Balaban J connectivity index is 2.38. The fourth-order valence-corrected chi connectivity index (χ4v) is 1.51. The molecule has 1 aromatic heterocycles. The first-order chi connectivity index (χ1) is 8.49.